The minimum absolute atomic E-state index is 0.113. The maximum Gasteiger partial charge on any atom is 0.241 e. The molecule has 0 saturated carbocycles. The molecule has 0 aromatic heterocycles. The summed E-state index contributed by atoms with van der Waals surface area (Å²) in [6, 6.07) is 5.68. The molecule has 0 atom stereocenters. The molecule has 1 amide bonds. The number of benzene rings is 1. The molecule has 1 heterocycles. The Balaban J connectivity index is 2.23. The van der Waals surface area contributed by atoms with E-state index < -0.39 is 0 Å². The molecule has 1 saturated heterocycles. The number of ether oxygens (including phenoxy) is 1. The first-order valence-electron chi connectivity index (χ1n) is 6.13. The maximum absolute atomic E-state index is 11.7. The fourth-order valence-electron chi connectivity index (χ4n) is 2.05. The van der Waals surface area contributed by atoms with Gasteiger partial charge in [0.15, 0.2) is 0 Å². The highest BCUT2D eigenvalue weighted by atomic mass is 16.5. The summed E-state index contributed by atoms with van der Waals surface area (Å²) in [6.07, 6.45) is 0. The van der Waals surface area contributed by atoms with Crippen molar-refractivity contribution in [2.45, 2.75) is 6.92 Å². The van der Waals surface area contributed by atoms with Crippen LogP contribution in [0.5, 0.6) is 5.75 Å². The Hall–Kier alpha value is -1.91. The predicted octanol–water partition coefficient (Wildman–Crippen LogP) is 0.946. The zero-order valence-electron chi connectivity index (χ0n) is 10.8. The topological polar surface area (TPSA) is 58.8 Å². The first-order valence-corrected chi connectivity index (χ1v) is 6.13. The Morgan fingerprint density at radius 3 is 2.83 bits per heavy atom. The van der Waals surface area contributed by atoms with Crippen molar-refractivity contribution in [3.05, 3.63) is 18.2 Å². The number of anilines is 2. The largest absolute Gasteiger partial charge is 0.492 e. The number of nitrogen functional groups attached to an aromatic ring is 1. The van der Waals surface area contributed by atoms with Crippen LogP contribution in [0.25, 0.3) is 0 Å². The van der Waals surface area contributed by atoms with Crippen LogP contribution in [0.2, 0.25) is 0 Å². The van der Waals surface area contributed by atoms with Crippen LogP contribution in [0.1, 0.15) is 6.92 Å². The van der Waals surface area contributed by atoms with Crippen LogP contribution in [0.4, 0.5) is 11.4 Å². The summed E-state index contributed by atoms with van der Waals surface area (Å²) in [5.41, 5.74) is 7.57. The second-order valence-corrected chi connectivity index (χ2v) is 4.36. The Morgan fingerprint density at radius 1 is 1.39 bits per heavy atom. The summed E-state index contributed by atoms with van der Waals surface area (Å²) in [5.74, 6) is 0.795. The number of carbonyl (C=O) groups excluding carboxylic acids is 1. The van der Waals surface area contributed by atoms with Gasteiger partial charge in [-0.3, -0.25) is 4.79 Å². The molecule has 5 nitrogen and oxygen atoms in total. The van der Waals surface area contributed by atoms with Gasteiger partial charge in [0.1, 0.15) is 5.75 Å². The molecule has 0 spiro atoms. The van der Waals surface area contributed by atoms with Crippen molar-refractivity contribution in [3.8, 4) is 5.75 Å². The zero-order chi connectivity index (χ0) is 13.1. The van der Waals surface area contributed by atoms with E-state index in [2.05, 4.69) is 0 Å². The highest BCUT2D eigenvalue weighted by Crippen LogP contribution is 2.32. The van der Waals surface area contributed by atoms with Crippen molar-refractivity contribution in [2.24, 2.45) is 0 Å². The average Bonchev–Trinajstić information content (AvgIpc) is 2.36. The van der Waals surface area contributed by atoms with Crippen LogP contribution in [-0.2, 0) is 4.79 Å². The molecule has 2 N–H and O–H groups in total. The highest BCUT2D eigenvalue weighted by molar-refractivity contribution is 5.85. The van der Waals surface area contributed by atoms with E-state index in [4.69, 9.17) is 10.5 Å². The van der Waals surface area contributed by atoms with Gasteiger partial charge in [0.2, 0.25) is 5.91 Å². The van der Waals surface area contributed by atoms with E-state index in [-0.39, 0.29) is 5.91 Å². The van der Waals surface area contributed by atoms with Crippen molar-refractivity contribution >= 4 is 17.3 Å². The lowest BCUT2D eigenvalue weighted by Gasteiger charge is -2.34. The standard InChI is InChI=1S/C13H19N3O2/c1-3-18-11-6-4-5-10(13(11)14)16-8-7-15(2)12(17)9-16/h4-6H,3,7-9,14H2,1-2H3. The van der Waals surface area contributed by atoms with Crippen LogP contribution < -0.4 is 15.4 Å². The number of nitrogens with zero attached hydrogens (tertiary/aromatic N) is 2. The van der Waals surface area contributed by atoms with Crippen LogP contribution in [0.15, 0.2) is 18.2 Å². The van der Waals surface area contributed by atoms with Crippen molar-refractivity contribution < 1.29 is 9.53 Å². The average molecular weight is 249 g/mol. The van der Waals surface area contributed by atoms with Crippen molar-refractivity contribution in [1.82, 2.24) is 4.90 Å². The number of hydrogen-bond donors (Lipinski definition) is 1. The molecule has 1 fully saturated rings. The fourth-order valence-corrected chi connectivity index (χ4v) is 2.05. The van der Waals surface area contributed by atoms with Crippen molar-refractivity contribution in [2.75, 3.05) is 43.9 Å². The number of rotatable bonds is 3. The Labute approximate surface area is 107 Å². The summed E-state index contributed by atoms with van der Waals surface area (Å²) in [7, 11) is 1.82. The van der Waals surface area contributed by atoms with E-state index in [1.807, 2.05) is 37.1 Å². The third-order valence-corrected chi connectivity index (χ3v) is 3.14. The second-order valence-electron chi connectivity index (χ2n) is 4.36. The summed E-state index contributed by atoms with van der Waals surface area (Å²) in [5, 5.41) is 0. The van der Waals surface area contributed by atoms with E-state index in [9.17, 15) is 4.79 Å². The van der Waals surface area contributed by atoms with Gasteiger partial charge < -0.3 is 20.3 Å². The summed E-state index contributed by atoms with van der Waals surface area (Å²) < 4.78 is 5.47. The van der Waals surface area contributed by atoms with Crippen molar-refractivity contribution in [1.29, 1.82) is 0 Å². The minimum atomic E-state index is 0.113. The van der Waals surface area contributed by atoms with E-state index in [1.54, 1.807) is 4.90 Å². The predicted molar refractivity (Wildman–Crippen MR) is 71.9 cm³/mol. The molecule has 0 aliphatic carbocycles. The number of hydrogen-bond acceptors (Lipinski definition) is 4. The lowest BCUT2D eigenvalue weighted by Crippen LogP contribution is -2.48. The molecular weight excluding hydrogens is 230 g/mol. The van der Waals surface area contributed by atoms with Gasteiger partial charge >= 0.3 is 0 Å². The second kappa shape index (κ2) is 5.16. The van der Waals surface area contributed by atoms with Gasteiger partial charge in [-0.2, -0.15) is 0 Å². The molecule has 1 aromatic rings. The molecule has 98 valence electrons. The molecule has 0 unspecified atom stereocenters. The maximum atomic E-state index is 11.7. The fraction of sp³-hybridized carbons (Fsp3) is 0.462. The van der Waals surface area contributed by atoms with Gasteiger partial charge in [0.25, 0.3) is 0 Å². The molecule has 5 heteroatoms. The first kappa shape index (κ1) is 12.5. The summed E-state index contributed by atoms with van der Waals surface area (Å²) in [4.78, 5) is 15.4. The lowest BCUT2D eigenvalue weighted by molar-refractivity contribution is -0.129. The monoisotopic (exact) mass is 249 g/mol. The third-order valence-electron chi connectivity index (χ3n) is 3.14. The summed E-state index contributed by atoms with van der Waals surface area (Å²) in [6.45, 7) is 4.39. The van der Waals surface area contributed by atoms with Crippen molar-refractivity contribution in [3.63, 3.8) is 0 Å². The summed E-state index contributed by atoms with van der Waals surface area (Å²) >= 11 is 0. The molecule has 1 aliphatic heterocycles. The SMILES string of the molecule is CCOc1cccc(N2CCN(C)C(=O)C2)c1N. The molecule has 0 radical (unpaired) electrons. The van der Waals surface area contributed by atoms with Crippen LogP contribution >= 0.6 is 0 Å². The molecule has 1 aromatic carbocycles. The number of piperazine rings is 1. The normalized spacial score (nSPS) is 16.0. The highest BCUT2D eigenvalue weighted by Gasteiger charge is 2.23. The van der Waals surface area contributed by atoms with E-state index >= 15 is 0 Å². The van der Waals surface area contributed by atoms with Gasteiger partial charge in [0.05, 0.1) is 24.5 Å². The molecule has 0 bridgehead atoms. The van der Waals surface area contributed by atoms with Crippen LogP contribution in [-0.4, -0.2) is 44.1 Å². The van der Waals surface area contributed by atoms with E-state index in [0.717, 1.165) is 18.8 Å². The van der Waals surface area contributed by atoms with Gasteiger partial charge in [-0.25, -0.2) is 0 Å². The quantitative estimate of drug-likeness (QED) is 0.810. The number of nitrogens with two attached hydrogens (primary N) is 1. The van der Waals surface area contributed by atoms with Crippen LogP contribution in [0.3, 0.4) is 0 Å². The van der Waals surface area contributed by atoms with Gasteiger partial charge in [-0.15, -0.1) is 0 Å². The minimum Gasteiger partial charge on any atom is -0.492 e. The van der Waals surface area contributed by atoms with E-state index in [1.165, 1.54) is 0 Å². The van der Waals surface area contributed by atoms with Gasteiger partial charge in [-0.05, 0) is 19.1 Å². The third kappa shape index (κ3) is 2.34. The first-order chi connectivity index (χ1) is 8.63. The Morgan fingerprint density at radius 2 is 2.17 bits per heavy atom. The van der Waals surface area contributed by atoms with Crippen LogP contribution in [0, 0.1) is 0 Å². The number of amides is 1. The van der Waals surface area contributed by atoms with Gasteiger partial charge in [0, 0.05) is 20.1 Å². The van der Waals surface area contributed by atoms with E-state index in [0.29, 0.717) is 24.6 Å². The Bertz CT molecular complexity index is 448. The molecular formula is C13H19N3O2. The number of likely N-dealkylation sites (N-methyl/N-ethyl adjacent to an activating group) is 1. The number of para-hydroxylation sites is 1. The number of carbonyl (C=O) groups is 1. The lowest BCUT2D eigenvalue weighted by atomic mass is 10.2. The zero-order valence-corrected chi connectivity index (χ0v) is 10.8. The van der Waals surface area contributed by atoms with Gasteiger partial charge in [-0.1, -0.05) is 6.07 Å². The Kier molecular flexibility index (Phi) is 3.60. The molecule has 1 aliphatic rings. The molecule has 2 rings (SSSR count). The smallest absolute Gasteiger partial charge is 0.241 e. The molecule has 18 heavy (non-hydrogen) atoms.